The number of amides is 1. The molecule has 0 radical (unpaired) electrons. The Balaban J connectivity index is 1.86. The summed E-state index contributed by atoms with van der Waals surface area (Å²) in [6.07, 6.45) is 6.74. The third-order valence-electron chi connectivity index (χ3n) is 4.75. The van der Waals surface area contributed by atoms with Crippen LogP contribution in [0.25, 0.3) is 5.57 Å². The van der Waals surface area contributed by atoms with E-state index in [-0.39, 0.29) is 11.7 Å². The first-order chi connectivity index (χ1) is 12.6. The Kier molecular flexibility index (Phi) is 4.21. The van der Waals surface area contributed by atoms with Gasteiger partial charge in [0.05, 0.1) is 4.48 Å². The summed E-state index contributed by atoms with van der Waals surface area (Å²) in [5.41, 5.74) is 2.07. The first kappa shape index (κ1) is 16.7. The van der Waals surface area contributed by atoms with E-state index in [9.17, 15) is 9.59 Å². The lowest BCUT2D eigenvalue weighted by molar-refractivity contribution is -0.127. The van der Waals surface area contributed by atoms with Gasteiger partial charge < -0.3 is 4.90 Å². The number of hydrogen-bond donors (Lipinski definition) is 0. The van der Waals surface area contributed by atoms with Crippen LogP contribution in [0.3, 0.4) is 0 Å². The van der Waals surface area contributed by atoms with Crippen molar-refractivity contribution in [3.8, 4) is 0 Å². The van der Waals surface area contributed by atoms with Crippen LogP contribution in [0.4, 0.5) is 0 Å². The molecular weight excluding hydrogens is 390 g/mol. The number of halogens is 1. The quantitative estimate of drug-likeness (QED) is 0.764. The Morgan fingerprint density at radius 2 is 1.42 bits per heavy atom. The first-order valence-corrected chi connectivity index (χ1v) is 9.15. The van der Waals surface area contributed by atoms with Crippen molar-refractivity contribution < 1.29 is 9.59 Å². The standard InChI is InChI=1S/C22H16BrNO2/c23-20-19(17-9-5-2-6-10-17)22(13-11-18(25)12-14-22)24(21(20)26)15-16-7-3-1-4-8-16/h1-14H,15H2. The number of rotatable bonds is 3. The van der Waals surface area contributed by atoms with Gasteiger partial charge in [-0.3, -0.25) is 9.59 Å². The summed E-state index contributed by atoms with van der Waals surface area (Å²) >= 11 is 3.52. The van der Waals surface area contributed by atoms with Gasteiger partial charge in [0.2, 0.25) is 0 Å². The van der Waals surface area contributed by atoms with Gasteiger partial charge in [0.25, 0.3) is 5.91 Å². The summed E-state index contributed by atoms with van der Waals surface area (Å²) in [5, 5.41) is 0. The van der Waals surface area contributed by atoms with Crippen molar-refractivity contribution in [3.05, 3.63) is 101 Å². The average molecular weight is 406 g/mol. The summed E-state index contributed by atoms with van der Waals surface area (Å²) < 4.78 is 0.531. The smallest absolute Gasteiger partial charge is 0.262 e. The van der Waals surface area contributed by atoms with Crippen LogP contribution in [-0.2, 0) is 16.1 Å². The summed E-state index contributed by atoms with van der Waals surface area (Å²) in [6, 6.07) is 19.7. The fourth-order valence-electron chi connectivity index (χ4n) is 3.51. The first-order valence-electron chi connectivity index (χ1n) is 8.36. The molecule has 0 aromatic heterocycles. The SMILES string of the molecule is O=C1C=CC2(C=C1)C(c1ccccc1)=C(Br)C(=O)N2Cc1ccccc1. The predicted molar refractivity (Wildman–Crippen MR) is 105 cm³/mol. The number of benzene rings is 2. The van der Waals surface area contributed by atoms with Gasteiger partial charge in [-0.25, -0.2) is 0 Å². The lowest BCUT2D eigenvalue weighted by atomic mass is 9.82. The van der Waals surface area contributed by atoms with E-state index in [1.165, 1.54) is 0 Å². The Labute approximate surface area is 160 Å². The molecular formula is C22H16BrNO2. The Morgan fingerprint density at radius 1 is 0.846 bits per heavy atom. The lowest BCUT2D eigenvalue weighted by Gasteiger charge is -2.37. The zero-order valence-corrected chi connectivity index (χ0v) is 15.5. The van der Waals surface area contributed by atoms with Crippen molar-refractivity contribution in [2.75, 3.05) is 0 Å². The molecule has 1 spiro atoms. The maximum atomic E-state index is 13.1. The van der Waals surface area contributed by atoms with E-state index in [4.69, 9.17) is 0 Å². The molecule has 1 aliphatic carbocycles. The van der Waals surface area contributed by atoms with Crippen LogP contribution in [0.1, 0.15) is 11.1 Å². The van der Waals surface area contributed by atoms with Gasteiger partial charge in [-0.05, 0) is 51.4 Å². The maximum absolute atomic E-state index is 13.1. The minimum Gasteiger partial charge on any atom is -0.317 e. The molecule has 1 aliphatic heterocycles. The Bertz CT molecular complexity index is 942. The summed E-state index contributed by atoms with van der Waals surface area (Å²) in [4.78, 5) is 26.7. The van der Waals surface area contributed by atoms with E-state index >= 15 is 0 Å². The van der Waals surface area contributed by atoms with E-state index in [0.29, 0.717) is 11.0 Å². The second-order valence-corrected chi connectivity index (χ2v) is 7.12. The van der Waals surface area contributed by atoms with Crippen LogP contribution in [-0.4, -0.2) is 22.1 Å². The highest BCUT2D eigenvalue weighted by atomic mass is 79.9. The average Bonchev–Trinajstić information content (AvgIpc) is 2.87. The molecule has 2 aromatic rings. The van der Waals surface area contributed by atoms with Crippen LogP contribution in [0.15, 0.2) is 89.5 Å². The largest absolute Gasteiger partial charge is 0.317 e. The molecule has 2 aliphatic rings. The predicted octanol–water partition coefficient (Wildman–Crippen LogP) is 4.27. The van der Waals surface area contributed by atoms with Gasteiger partial charge in [-0.1, -0.05) is 60.7 Å². The van der Waals surface area contributed by atoms with Crippen molar-refractivity contribution in [3.63, 3.8) is 0 Å². The van der Waals surface area contributed by atoms with Crippen LogP contribution in [0.2, 0.25) is 0 Å². The highest BCUT2D eigenvalue weighted by molar-refractivity contribution is 9.12. The highest BCUT2D eigenvalue weighted by Gasteiger charge is 2.49. The van der Waals surface area contributed by atoms with Crippen LogP contribution < -0.4 is 0 Å². The monoisotopic (exact) mass is 405 g/mol. The maximum Gasteiger partial charge on any atom is 0.262 e. The van der Waals surface area contributed by atoms with Gasteiger partial charge in [-0.2, -0.15) is 0 Å². The van der Waals surface area contributed by atoms with E-state index in [0.717, 1.165) is 16.7 Å². The van der Waals surface area contributed by atoms with Crippen LogP contribution in [0.5, 0.6) is 0 Å². The second kappa shape index (κ2) is 6.54. The fourth-order valence-corrected chi connectivity index (χ4v) is 4.27. The summed E-state index contributed by atoms with van der Waals surface area (Å²) in [5.74, 6) is -0.158. The third kappa shape index (κ3) is 2.67. The van der Waals surface area contributed by atoms with Crippen LogP contribution >= 0.6 is 15.9 Å². The third-order valence-corrected chi connectivity index (χ3v) is 5.48. The number of allylic oxidation sites excluding steroid dienone is 2. The fraction of sp³-hybridized carbons (Fsp3) is 0.0909. The van der Waals surface area contributed by atoms with Gasteiger partial charge >= 0.3 is 0 Å². The Morgan fingerprint density at radius 3 is 2.04 bits per heavy atom. The summed E-state index contributed by atoms with van der Waals surface area (Å²) in [7, 11) is 0. The molecule has 26 heavy (non-hydrogen) atoms. The lowest BCUT2D eigenvalue weighted by Crippen LogP contribution is -2.45. The van der Waals surface area contributed by atoms with E-state index < -0.39 is 5.54 Å². The van der Waals surface area contributed by atoms with E-state index in [1.807, 2.05) is 72.8 Å². The second-order valence-electron chi connectivity index (χ2n) is 6.33. The van der Waals surface area contributed by atoms with Crippen molar-refractivity contribution in [1.29, 1.82) is 0 Å². The molecule has 128 valence electrons. The summed E-state index contributed by atoms with van der Waals surface area (Å²) in [6.45, 7) is 0.452. The molecule has 3 nitrogen and oxygen atoms in total. The number of nitrogens with zero attached hydrogens (tertiary/aromatic N) is 1. The number of carbonyl (C=O) groups is 2. The minimum atomic E-state index is -0.777. The molecule has 0 N–H and O–H groups in total. The molecule has 0 bridgehead atoms. The van der Waals surface area contributed by atoms with Crippen LogP contribution in [0, 0.1) is 0 Å². The van der Waals surface area contributed by atoms with Gasteiger partial charge in [0.1, 0.15) is 5.54 Å². The number of hydrogen-bond acceptors (Lipinski definition) is 2. The topological polar surface area (TPSA) is 37.4 Å². The van der Waals surface area contributed by atoms with E-state index in [1.54, 1.807) is 17.1 Å². The number of ketones is 1. The minimum absolute atomic E-state index is 0.0711. The molecule has 2 aromatic carbocycles. The zero-order valence-electron chi connectivity index (χ0n) is 13.9. The molecule has 1 heterocycles. The zero-order chi connectivity index (χ0) is 18.1. The van der Waals surface area contributed by atoms with E-state index in [2.05, 4.69) is 15.9 Å². The van der Waals surface area contributed by atoms with Crippen molar-refractivity contribution in [1.82, 2.24) is 4.90 Å². The van der Waals surface area contributed by atoms with Crippen molar-refractivity contribution in [2.45, 2.75) is 12.1 Å². The molecule has 0 saturated carbocycles. The molecule has 1 amide bonds. The number of carbonyl (C=O) groups excluding carboxylic acids is 2. The molecule has 4 heteroatoms. The molecule has 0 fully saturated rings. The highest BCUT2D eigenvalue weighted by Crippen LogP contribution is 2.47. The van der Waals surface area contributed by atoms with Gasteiger partial charge in [0, 0.05) is 12.1 Å². The molecule has 0 saturated heterocycles. The Hall–Kier alpha value is -2.72. The molecule has 0 unspecified atom stereocenters. The van der Waals surface area contributed by atoms with Gasteiger partial charge in [0.15, 0.2) is 5.78 Å². The van der Waals surface area contributed by atoms with Crippen molar-refractivity contribution >= 4 is 33.2 Å². The molecule has 0 atom stereocenters. The molecule has 4 rings (SSSR count). The van der Waals surface area contributed by atoms with Crippen molar-refractivity contribution in [2.24, 2.45) is 0 Å². The normalized spacial score (nSPS) is 18.3. The van der Waals surface area contributed by atoms with Gasteiger partial charge in [-0.15, -0.1) is 0 Å².